The maximum Gasteiger partial charge on any atom is 0.339 e. The van der Waals surface area contributed by atoms with Crippen molar-refractivity contribution in [1.82, 2.24) is 4.98 Å². The Morgan fingerprint density at radius 1 is 0.923 bits per heavy atom. The van der Waals surface area contributed by atoms with Crippen molar-refractivity contribution in [2.24, 2.45) is 5.92 Å². The number of pyridine rings is 1. The smallest absolute Gasteiger partial charge is 0.339 e. The summed E-state index contributed by atoms with van der Waals surface area (Å²) in [5.41, 5.74) is 8.14. The summed E-state index contributed by atoms with van der Waals surface area (Å²) >= 11 is 0. The topological polar surface area (TPSA) is 68.3 Å². The molecule has 1 heterocycles. The van der Waals surface area contributed by atoms with Gasteiger partial charge in [0.1, 0.15) is 0 Å². The van der Waals surface area contributed by atoms with Crippen molar-refractivity contribution in [3.05, 3.63) is 106 Å². The first-order valence-electron chi connectivity index (χ1n) is 13.7. The van der Waals surface area contributed by atoms with Crippen molar-refractivity contribution in [2.75, 3.05) is 11.9 Å². The quantitative estimate of drug-likeness (QED) is 0.261. The molecule has 0 bridgehead atoms. The predicted molar refractivity (Wildman–Crippen MR) is 158 cm³/mol. The Hall–Kier alpha value is -4.25. The number of carbonyl (C=O) groups excluding carboxylic acids is 2. The van der Waals surface area contributed by atoms with Crippen LogP contribution in [0, 0.1) is 5.92 Å². The van der Waals surface area contributed by atoms with E-state index >= 15 is 0 Å². The minimum absolute atomic E-state index is 0.336. The van der Waals surface area contributed by atoms with E-state index in [1.807, 2.05) is 60.7 Å². The first-order chi connectivity index (χ1) is 19.0. The van der Waals surface area contributed by atoms with E-state index in [0.29, 0.717) is 11.5 Å². The predicted octanol–water partition coefficient (Wildman–Crippen LogP) is 7.28. The van der Waals surface area contributed by atoms with E-state index in [4.69, 9.17) is 9.72 Å². The second kappa shape index (κ2) is 11.6. The Morgan fingerprint density at radius 3 is 2.33 bits per heavy atom. The maximum absolute atomic E-state index is 13.7. The third-order valence-electron chi connectivity index (χ3n) is 7.36. The van der Waals surface area contributed by atoms with Crippen molar-refractivity contribution in [1.29, 1.82) is 0 Å². The number of fused-ring (bicyclic) bond motifs is 2. The minimum atomic E-state index is -0.493. The summed E-state index contributed by atoms with van der Waals surface area (Å²) in [7, 11) is 0. The molecule has 1 N–H and O–H groups in total. The van der Waals surface area contributed by atoms with Crippen LogP contribution < -0.4 is 5.32 Å². The lowest BCUT2D eigenvalue weighted by molar-refractivity contribution is -0.119. The fourth-order valence-electron chi connectivity index (χ4n) is 5.50. The zero-order chi connectivity index (χ0) is 27.4. The van der Waals surface area contributed by atoms with E-state index in [0.717, 1.165) is 75.8 Å². The van der Waals surface area contributed by atoms with Crippen molar-refractivity contribution in [3.63, 3.8) is 0 Å². The number of nitrogens with zero attached hydrogens (tertiary/aromatic N) is 1. The fourth-order valence-corrected chi connectivity index (χ4v) is 5.50. The maximum atomic E-state index is 13.7. The molecule has 0 radical (unpaired) electrons. The van der Waals surface area contributed by atoms with Gasteiger partial charge in [-0.1, -0.05) is 87.5 Å². The molecule has 1 atom stereocenters. The molecule has 1 amide bonds. The van der Waals surface area contributed by atoms with Gasteiger partial charge in [-0.15, -0.1) is 0 Å². The lowest BCUT2D eigenvalue weighted by atomic mass is 9.80. The second-order valence-electron chi connectivity index (χ2n) is 10.2. The van der Waals surface area contributed by atoms with E-state index in [9.17, 15) is 9.59 Å². The molecule has 1 aliphatic carbocycles. The molecule has 1 aliphatic rings. The molecule has 1 aromatic heterocycles. The summed E-state index contributed by atoms with van der Waals surface area (Å²) in [6.45, 7) is 5.96. The van der Waals surface area contributed by atoms with E-state index in [1.165, 1.54) is 0 Å². The minimum Gasteiger partial charge on any atom is -0.452 e. The van der Waals surface area contributed by atoms with Gasteiger partial charge >= 0.3 is 5.97 Å². The monoisotopic (exact) mass is 518 g/mol. The fraction of sp³-hybridized carbons (Fsp3) is 0.265. The Labute approximate surface area is 229 Å². The normalized spacial score (nSPS) is 15.7. The van der Waals surface area contributed by atoms with Crippen LogP contribution in [0.4, 0.5) is 5.69 Å². The third-order valence-corrected chi connectivity index (χ3v) is 7.36. The molecule has 1 unspecified atom stereocenters. The van der Waals surface area contributed by atoms with Crippen LogP contribution in [0.1, 0.15) is 65.5 Å². The molecule has 0 saturated heterocycles. The van der Waals surface area contributed by atoms with Gasteiger partial charge in [-0.2, -0.15) is 0 Å². The highest BCUT2D eigenvalue weighted by molar-refractivity contribution is 6.07. The number of benzene rings is 3. The van der Waals surface area contributed by atoms with Crippen LogP contribution in [-0.4, -0.2) is 23.5 Å². The molecule has 0 spiro atoms. The van der Waals surface area contributed by atoms with E-state index in [1.54, 1.807) is 0 Å². The highest BCUT2D eigenvalue weighted by atomic mass is 16.5. The zero-order valence-corrected chi connectivity index (χ0v) is 22.8. The molecule has 3 aromatic carbocycles. The second-order valence-corrected chi connectivity index (χ2v) is 10.2. The molecule has 198 valence electrons. The first-order valence-corrected chi connectivity index (χ1v) is 13.7. The molecule has 39 heavy (non-hydrogen) atoms. The lowest BCUT2D eigenvalue weighted by Crippen LogP contribution is -2.24. The van der Waals surface area contributed by atoms with E-state index in [2.05, 4.69) is 44.3 Å². The molecule has 5 nitrogen and oxygen atoms in total. The summed E-state index contributed by atoms with van der Waals surface area (Å²) in [5.74, 6) is -0.500. The molecule has 0 fully saturated rings. The van der Waals surface area contributed by atoms with Crippen LogP contribution in [0.15, 0.2) is 72.8 Å². The zero-order valence-electron chi connectivity index (χ0n) is 22.8. The van der Waals surface area contributed by atoms with Gasteiger partial charge in [-0.25, -0.2) is 9.78 Å². The van der Waals surface area contributed by atoms with Gasteiger partial charge in [0.15, 0.2) is 6.61 Å². The van der Waals surface area contributed by atoms with E-state index in [-0.39, 0.29) is 12.5 Å². The Bertz CT molecular complexity index is 1530. The van der Waals surface area contributed by atoms with Crippen LogP contribution in [-0.2, 0) is 28.8 Å². The SMILES string of the molecule is CCc1cccc(CC)c1NC(=O)COC(=O)c1c2c(nc3ccccc13)/C(=C/c1ccccc1)CC(C)C2. The van der Waals surface area contributed by atoms with Crippen molar-refractivity contribution >= 4 is 40.1 Å². The van der Waals surface area contributed by atoms with Crippen LogP contribution in [0.25, 0.3) is 22.6 Å². The van der Waals surface area contributed by atoms with Gasteiger partial charge in [0, 0.05) is 11.1 Å². The van der Waals surface area contributed by atoms with E-state index < -0.39 is 5.97 Å². The number of ether oxygens (including phenoxy) is 1. The van der Waals surface area contributed by atoms with Crippen molar-refractivity contribution in [2.45, 2.75) is 46.5 Å². The van der Waals surface area contributed by atoms with Gasteiger partial charge in [-0.3, -0.25) is 4.79 Å². The molecule has 5 heteroatoms. The van der Waals surface area contributed by atoms with Gasteiger partial charge in [-0.05, 0) is 71.6 Å². The van der Waals surface area contributed by atoms with Crippen molar-refractivity contribution in [3.8, 4) is 0 Å². The number of hydrogen-bond acceptors (Lipinski definition) is 4. The summed E-state index contributed by atoms with van der Waals surface area (Å²) in [5, 5.41) is 3.74. The van der Waals surface area contributed by atoms with Crippen LogP contribution in [0.2, 0.25) is 0 Å². The summed E-state index contributed by atoms with van der Waals surface area (Å²) in [6, 6.07) is 23.9. The molecule has 0 saturated carbocycles. The number of hydrogen-bond donors (Lipinski definition) is 1. The van der Waals surface area contributed by atoms with Crippen LogP contribution >= 0.6 is 0 Å². The lowest BCUT2D eigenvalue weighted by Gasteiger charge is -2.26. The molecule has 4 aromatic rings. The van der Waals surface area contributed by atoms with Gasteiger partial charge < -0.3 is 10.1 Å². The molecule has 0 aliphatic heterocycles. The number of esters is 1. The Morgan fingerprint density at radius 2 is 1.62 bits per heavy atom. The first kappa shape index (κ1) is 26.4. The van der Waals surface area contributed by atoms with Crippen LogP contribution in [0.5, 0.6) is 0 Å². The number of allylic oxidation sites excluding steroid dienone is 1. The Kier molecular flexibility index (Phi) is 7.87. The number of amides is 1. The van der Waals surface area contributed by atoms with Gasteiger partial charge in [0.05, 0.1) is 16.8 Å². The number of rotatable bonds is 7. The molecule has 5 rings (SSSR count). The standard InChI is InChI=1S/C34H34N2O3/c1-4-24-14-11-15-25(5-2)32(24)36-30(37)21-39-34(38)31-27-16-9-10-17-29(27)35-33-26(18-22(3)19-28(31)33)20-23-12-7-6-8-13-23/h6-17,20,22H,4-5,18-19,21H2,1-3H3,(H,36,37)/b26-20+. The average molecular weight is 519 g/mol. The number of carbonyl (C=O) groups is 2. The molecular weight excluding hydrogens is 484 g/mol. The number of aryl methyl sites for hydroxylation is 2. The highest BCUT2D eigenvalue weighted by Crippen LogP contribution is 2.38. The number of nitrogens with one attached hydrogen (secondary N) is 1. The average Bonchev–Trinajstić information content (AvgIpc) is 2.95. The van der Waals surface area contributed by atoms with Crippen molar-refractivity contribution < 1.29 is 14.3 Å². The van der Waals surface area contributed by atoms with Gasteiger partial charge in [0.25, 0.3) is 5.91 Å². The third kappa shape index (κ3) is 5.63. The highest BCUT2D eigenvalue weighted by Gasteiger charge is 2.29. The summed E-state index contributed by atoms with van der Waals surface area (Å²) < 4.78 is 5.67. The molecular formula is C34H34N2O3. The number of anilines is 1. The summed E-state index contributed by atoms with van der Waals surface area (Å²) in [6.07, 6.45) is 5.36. The van der Waals surface area contributed by atoms with Gasteiger partial charge in [0.2, 0.25) is 0 Å². The Balaban J connectivity index is 1.47. The van der Waals surface area contributed by atoms with Crippen LogP contribution in [0.3, 0.4) is 0 Å². The number of aromatic nitrogens is 1. The largest absolute Gasteiger partial charge is 0.452 e. The number of para-hydroxylation sites is 2. The summed E-state index contributed by atoms with van der Waals surface area (Å²) in [4.78, 5) is 31.6.